The molecule has 3 nitrogen and oxygen atoms in total. The van der Waals surface area contributed by atoms with Crippen molar-refractivity contribution >= 4 is 45.6 Å². The number of anilines is 1. The molecule has 0 N–H and O–H groups in total. The topological polar surface area (TPSA) is 32.7 Å². The molecule has 1 aliphatic rings. The number of benzene rings is 2. The van der Waals surface area contributed by atoms with Crippen LogP contribution in [0.25, 0.3) is 6.08 Å². The molecule has 1 aliphatic heterocycles. The fourth-order valence-corrected chi connectivity index (χ4v) is 3.93. The van der Waals surface area contributed by atoms with Gasteiger partial charge in [0.1, 0.15) is 4.38 Å². The van der Waals surface area contributed by atoms with Gasteiger partial charge in [-0.1, -0.05) is 53.7 Å². The van der Waals surface area contributed by atoms with Crippen LogP contribution in [-0.2, 0) is 11.3 Å². The number of carbonyl (C=O) groups is 1. The van der Waals surface area contributed by atoms with Crippen LogP contribution < -0.4 is 4.90 Å². The first-order valence-corrected chi connectivity index (χ1v) is 10.0. The van der Waals surface area contributed by atoms with Gasteiger partial charge in [0, 0.05) is 19.3 Å². The van der Waals surface area contributed by atoms with Gasteiger partial charge in [-0.15, -0.1) is 11.8 Å². The zero-order valence-electron chi connectivity index (χ0n) is 14.5. The number of aryl methyl sites for hydroxylation is 1. The Morgan fingerprint density at radius 2 is 1.80 bits per heavy atom. The van der Waals surface area contributed by atoms with E-state index in [2.05, 4.69) is 72.4 Å². The highest BCUT2D eigenvalue weighted by Gasteiger charge is 2.20. The van der Waals surface area contributed by atoms with Gasteiger partial charge < -0.3 is 4.90 Å². The summed E-state index contributed by atoms with van der Waals surface area (Å²) in [5.41, 5.74) is 4.72. The lowest BCUT2D eigenvalue weighted by Crippen LogP contribution is -2.16. The first kappa shape index (κ1) is 17.8. The van der Waals surface area contributed by atoms with Gasteiger partial charge in [-0.05, 0) is 42.5 Å². The third kappa shape index (κ3) is 4.55. The standard InChI is InChI=1S/C20H20N2OS2/c1-14-4-10-17(11-5-14)22(2)13-16-8-6-15(7-9-16)12-18-19(23)21-20(24-3)25-18/h4-12H,13H2,1-3H3. The van der Waals surface area contributed by atoms with Gasteiger partial charge >= 0.3 is 0 Å². The van der Waals surface area contributed by atoms with Crippen molar-refractivity contribution in [2.24, 2.45) is 4.99 Å². The predicted molar refractivity (Wildman–Crippen MR) is 111 cm³/mol. The van der Waals surface area contributed by atoms with Crippen LogP contribution in [0.2, 0.25) is 0 Å². The minimum Gasteiger partial charge on any atom is -0.370 e. The van der Waals surface area contributed by atoms with Crippen LogP contribution in [0.15, 0.2) is 58.4 Å². The van der Waals surface area contributed by atoms with E-state index < -0.39 is 0 Å². The number of nitrogens with zero attached hydrogens (tertiary/aromatic N) is 2. The van der Waals surface area contributed by atoms with Crippen LogP contribution in [-0.4, -0.2) is 23.6 Å². The van der Waals surface area contributed by atoms with Crippen LogP contribution in [0, 0.1) is 6.92 Å². The Morgan fingerprint density at radius 1 is 1.12 bits per heavy atom. The highest BCUT2D eigenvalue weighted by atomic mass is 32.2. The minimum absolute atomic E-state index is 0.141. The third-order valence-corrected chi connectivity index (χ3v) is 5.92. The molecule has 0 bridgehead atoms. The molecule has 0 aromatic heterocycles. The molecule has 0 unspecified atom stereocenters. The van der Waals surface area contributed by atoms with Crippen LogP contribution in [0.4, 0.5) is 5.69 Å². The van der Waals surface area contributed by atoms with Crippen molar-refractivity contribution in [2.75, 3.05) is 18.2 Å². The lowest BCUT2D eigenvalue weighted by atomic mass is 10.1. The fourth-order valence-electron chi connectivity index (χ4n) is 2.51. The molecule has 0 aliphatic carbocycles. The van der Waals surface area contributed by atoms with E-state index in [1.54, 1.807) is 0 Å². The monoisotopic (exact) mass is 368 g/mol. The third-order valence-electron chi connectivity index (χ3n) is 3.95. The Kier molecular flexibility index (Phi) is 5.66. The summed E-state index contributed by atoms with van der Waals surface area (Å²) in [6.45, 7) is 2.94. The average Bonchev–Trinajstić information content (AvgIpc) is 2.97. The molecule has 2 aromatic carbocycles. The zero-order valence-corrected chi connectivity index (χ0v) is 16.2. The van der Waals surface area contributed by atoms with Crippen molar-refractivity contribution in [1.82, 2.24) is 0 Å². The molecule has 0 fully saturated rings. The van der Waals surface area contributed by atoms with Crippen molar-refractivity contribution in [1.29, 1.82) is 0 Å². The molecule has 128 valence electrons. The maximum atomic E-state index is 11.8. The zero-order chi connectivity index (χ0) is 17.8. The summed E-state index contributed by atoms with van der Waals surface area (Å²) >= 11 is 2.95. The fraction of sp³-hybridized carbons (Fsp3) is 0.200. The SMILES string of the molecule is CSC1=NC(=O)C(=Cc2ccc(CN(C)c3ccc(C)cc3)cc2)S1. The Hall–Kier alpha value is -1.98. The molecular weight excluding hydrogens is 348 g/mol. The van der Waals surface area contributed by atoms with Crippen molar-refractivity contribution in [3.8, 4) is 0 Å². The number of hydrogen-bond donors (Lipinski definition) is 0. The number of thioether (sulfide) groups is 2. The summed E-state index contributed by atoms with van der Waals surface area (Å²) in [6, 6.07) is 16.9. The summed E-state index contributed by atoms with van der Waals surface area (Å²) < 4.78 is 0.813. The number of aliphatic imine (C=N–C) groups is 1. The van der Waals surface area contributed by atoms with E-state index in [1.807, 2.05) is 12.3 Å². The van der Waals surface area contributed by atoms with Crippen molar-refractivity contribution in [3.63, 3.8) is 0 Å². The first-order valence-electron chi connectivity index (χ1n) is 7.98. The molecule has 0 radical (unpaired) electrons. The second-order valence-corrected chi connectivity index (χ2v) is 8.01. The first-order chi connectivity index (χ1) is 12.0. The van der Waals surface area contributed by atoms with E-state index in [0.29, 0.717) is 4.91 Å². The van der Waals surface area contributed by atoms with Gasteiger partial charge in [-0.3, -0.25) is 4.79 Å². The predicted octanol–water partition coefficient (Wildman–Crippen LogP) is 4.96. The van der Waals surface area contributed by atoms with Crippen molar-refractivity contribution in [2.45, 2.75) is 13.5 Å². The number of amides is 1. The number of carbonyl (C=O) groups excluding carboxylic acids is 1. The van der Waals surface area contributed by atoms with Gasteiger partial charge in [0.25, 0.3) is 5.91 Å². The van der Waals surface area contributed by atoms with E-state index in [1.165, 1.54) is 40.3 Å². The van der Waals surface area contributed by atoms with Gasteiger partial charge in [-0.25, -0.2) is 0 Å². The maximum absolute atomic E-state index is 11.8. The second-order valence-electron chi connectivity index (χ2n) is 5.93. The number of hydrogen-bond acceptors (Lipinski definition) is 4. The second kappa shape index (κ2) is 7.93. The van der Waals surface area contributed by atoms with Gasteiger partial charge in [0.05, 0.1) is 4.91 Å². The molecule has 2 aromatic rings. The Morgan fingerprint density at radius 3 is 2.40 bits per heavy atom. The number of rotatable bonds is 4. The van der Waals surface area contributed by atoms with Gasteiger partial charge in [0.2, 0.25) is 0 Å². The van der Waals surface area contributed by atoms with Gasteiger partial charge in [-0.2, -0.15) is 4.99 Å². The molecule has 25 heavy (non-hydrogen) atoms. The Labute approximate surface area is 157 Å². The molecule has 5 heteroatoms. The van der Waals surface area contributed by atoms with E-state index in [4.69, 9.17) is 0 Å². The van der Waals surface area contributed by atoms with Crippen LogP contribution in [0.1, 0.15) is 16.7 Å². The maximum Gasteiger partial charge on any atom is 0.285 e. The molecule has 0 atom stereocenters. The van der Waals surface area contributed by atoms with E-state index >= 15 is 0 Å². The summed E-state index contributed by atoms with van der Waals surface area (Å²) in [5, 5.41) is 0. The highest BCUT2D eigenvalue weighted by Crippen LogP contribution is 2.32. The van der Waals surface area contributed by atoms with Gasteiger partial charge in [0.15, 0.2) is 0 Å². The molecular formula is C20H20N2OS2. The van der Waals surface area contributed by atoms with E-state index in [9.17, 15) is 4.79 Å². The molecule has 3 rings (SSSR count). The normalized spacial score (nSPS) is 15.6. The molecule has 1 heterocycles. The van der Waals surface area contributed by atoms with E-state index in [0.717, 1.165) is 16.5 Å². The Bertz CT molecular complexity index is 824. The molecule has 1 amide bonds. The summed E-state index contributed by atoms with van der Waals surface area (Å²) in [6.07, 6.45) is 3.84. The largest absolute Gasteiger partial charge is 0.370 e. The van der Waals surface area contributed by atoms with Crippen LogP contribution >= 0.6 is 23.5 Å². The Balaban J connectivity index is 1.66. The van der Waals surface area contributed by atoms with Crippen molar-refractivity contribution in [3.05, 3.63) is 70.1 Å². The summed E-state index contributed by atoms with van der Waals surface area (Å²) in [4.78, 5) is 18.8. The molecule has 0 saturated carbocycles. The molecule has 0 spiro atoms. The highest BCUT2D eigenvalue weighted by molar-refractivity contribution is 8.40. The van der Waals surface area contributed by atoms with Crippen molar-refractivity contribution < 1.29 is 4.79 Å². The lowest BCUT2D eigenvalue weighted by molar-refractivity contribution is -0.113. The molecule has 0 saturated heterocycles. The van der Waals surface area contributed by atoms with E-state index in [-0.39, 0.29) is 5.91 Å². The van der Waals surface area contributed by atoms with Crippen LogP contribution in [0.3, 0.4) is 0 Å². The average molecular weight is 369 g/mol. The summed E-state index contributed by atoms with van der Waals surface area (Å²) in [7, 11) is 2.09. The minimum atomic E-state index is -0.141. The quantitative estimate of drug-likeness (QED) is 0.714. The smallest absolute Gasteiger partial charge is 0.285 e. The lowest BCUT2D eigenvalue weighted by Gasteiger charge is -2.19. The van der Waals surface area contributed by atoms with Crippen LogP contribution in [0.5, 0.6) is 0 Å². The summed E-state index contributed by atoms with van der Waals surface area (Å²) in [5.74, 6) is -0.141.